The number of carboxylic acids is 1. The van der Waals surface area contributed by atoms with Crippen LogP contribution in [0.15, 0.2) is 0 Å². The molecule has 0 heterocycles. The van der Waals surface area contributed by atoms with E-state index >= 15 is 0 Å². The van der Waals surface area contributed by atoms with Crippen LogP contribution in [0.25, 0.3) is 0 Å². The van der Waals surface area contributed by atoms with Crippen molar-refractivity contribution in [1.29, 1.82) is 0 Å². The van der Waals surface area contributed by atoms with Gasteiger partial charge in [0.25, 0.3) is 0 Å². The predicted molar refractivity (Wildman–Crippen MR) is 74.7 cm³/mol. The van der Waals surface area contributed by atoms with E-state index in [4.69, 9.17) is 14.6 Å². The van der Waals surface area contributed by atoms with Crippen molar-refractivity contribution in [1.82, 2.24) is 10.2 Å². The smallest absolute Gasteiger partial charge is 0.317 e. The molecule has 0 aromatic rings. The molecule has 0 saturated carbocycles. The van der Waals surface area contributed by atoms with Crippen LogP contribution < -0.4 is 5.32 Å². The molecule has 0 aliphatic heterocycles. The molecule has 0 aromatic carbocycles. The fourth-order valence-electron chi connectivity index (χ4n) is 1.78. The lowest BCUT2D eigenvalue weighted by atomic mass is 10.1. The van der Waals surface area contributed by atoms with Crippen LogP contribution in [0, 0.1) is 5.92 Å². The summed E-state index contributed by atoms with van der Waals surface area (Å²) in [5.74, 6) is -0.978. The number of urea groups is 1. The normalized spacial score (nSPS) is 13.6. The molecule has 0 bridgehead atoms. The molecular weight excluding hydrogens is 264 g/mol. The van der Waals surface area contributed by atoms with Gasteiger partial charge >= 0.3 is 12.0 Å². The van der Waals surface area contributed by atoms with Crippen LogP contribution in [-0.2, 0) is 14.3 Å². The van der Waals surface area contributed by atoms with E-state index in [0.717, 1.165) is 0 Å². The standard InChI is InChI=1S/C13H26N2O5/c1-10(7-12(16)17)8-14-13(18)15(5-6-19-3)11(2)9-20-4/h10-11H,5-9H2,1-4H3,(H,14,18)(H,16,17). The van der Waals surface area contributed by atoms with Gasteiger partial charge in [-0.05, 0) is 12.8 Å². The molecule has 2 N–H and O–H groups in total. The lowest BCUT2D eigenvalue weighted by Crippen LogP contribution is -2.49. The Morgan fingerprint density at radius 1 is 1.25 bits per heavy atom. The largest absolute Gasteiger partial charge is 0.481 e. The summed E-state index contributed by atoms with van der Waals surface area (Å²) in [7, 11) is 3.16. The van der Waals surface area contributed by atoms with E-state index in [1.54, 1.807) is 26.0 Å². The second-order valence-electron chi connectivity index (χ2n) is 4.88. The van der Waals surface area contributed by atoms with E-state index in [9.17, 15) is 9.59 Å². The van der Waals surface area contributed by atoms with Gasteiger partial charge in [0.1, 0.15) is 0 Å². The summed E-state index contributed by atoms with van der Waals surface area (Å²) in [5.41, 5.74) is 0. The minimum Gasteiger partial charge on any atom is -0.481 e. The highest BCUT2D eigenvalue weighted by atomic mass is 16.5. The number of methoxy groups -OCH3 is 2. The quantitative estimate of drug-likeness (QED) is 0.621. The van der Waals surface area contributed by atoms with Gasteiger partial charge < -0.3 is 24.8 Å². The number of hydrogen-bond acceptors (Lipinski definition) is 4. The number of ether oxygens (including phenoxy) is 2. The van der Waals surface area contributed by atoms with Crippen LogP contribution in [0.1, 0.15) is 20.3 Å². The molecule has 7 nitrogen and oxygen atoms in total. The van der Waals surface area contributed by atoms with E-state index in [1.807, 2.05) is 6.92 Å². The molecule has 0 fully saturated rings. The Balaban J connectivity index is 4.35. The number of carboxylic acid groups (broad SMARTS) is 1. The van der Waals surface area contributed by atoms with Crippen molar-refractivity contribution in [3.63, 3.8) is 0 Å². The summed E-state index contributed by atoms with van der Waals surface area (Å²) in [6, 6.07) is -0.311. The molecule has 118 valence electrons. The lowest BCUT2D eigenvalue weighted by molar-refractivity contribution is -0.137. The first kappa shape index (κ1) is 18.7. The van der Waals surface area contributed by atoms with Gasteiger partial charge in [-0.1, -0.05) is 6.92 Å². The Bertz CT molecular complexity index is 298. The molecule has 0 radical (unpaired) electrons. The zero-order valence-corrected chi connectivity index (χ0v) is 12.7. The first-order valence-electron chi connectivity index (χ1n) is 6.66. The zero-order chi connectivity index (χ0) is 15.5. The number of aliphatic carboxylic acids is 1. The number of carbonyl (C=O) groups excluding carboxylic acids is 1. The average molecular weight is 290 g/mol. The topological polar surface area (TPSA) is 88.1 Å². The fraction of sp³-hybridized carbons (Fsp3) is 0.846. The molecule has 0 aliphatic carbocycles. The minimum atomic E-state index is -0.865. The molecule has 0 rings (SSSR count). The summed E-state index contributed by atoms with van der Waals surface area (Å²) in [6.45, 7) is 5.33. The number of carbonyl (C=O) groups is 2. The Labute approximate surface area is 120 Å². The van der Waals surface area contributed by atoms with Crippen molar-refractivity contribution >= 4 is 12.0 Å². The maximum absolute atomic E-state index is 12.1. The first-order chi connectivity index (χ1) is 9.42. The van der Waals surface area contributed by atoms with E-state index in [2.05, 4.69) is 5.32 Å². The van der Waals surface area contributed by atoms with Crippen molar-refractivity contribution in [3.8, 4) is 0 Å². The number of nitrogens with zero attached hydrogens (tertiary/aromatic N) is 1. The molecule has 2 unspecified atom stereocenters. The number of rotatable bonds is 10. The summed E-state index contributed by atoms with van der Waals surface area (Å²) >= 11 is 0. The third-order valence-corrected chi connectivity index (χ3v) is 2.86. The highest BCUT2D eigenvalue weighted by molar-refractivity contribution is 5.74. The number of amides is 2. The first-order valence-corrected chi connectivity index (χ1v) is 6.66. The molecule has 20 heavy (non-hydrogen) atoms. The van der Waals surface area contributed by atoms with Crippen molar-refractivity contribution in [3.05, 3.63) is 0 Å². The highest BCUT2D eigenvalue weighted by Gasteiger charge is 2.20. The minimum absolute atomic E-state index is 0.0337. The van der Waals surface area contributed by atoms with Gasteiger partial charge in [0.15, 0.2) is 0 Å². The Morgan fingerprint density at radius 3 is 2.40 bits per heavy atom. The van der Waals surface area contributed by atoms with Crippen molar-refractivity contribution in [2.75, 3.05) is 40.5 Å². The van der Waals surface area contributed by atoms with Crippen molar-refractivity contribution in [2.45, 2.75) is 26.3 Å². The third-order valence-electron chi connectivity index (χ3n) is 2.86. The Kier molecular flexibility index (Phi) is 9.75. The highest BCUT2D eigenvalue weighted by Crippen LogP contribution is 2.03. The van der Waals surface area contributed by atoms with Crippen molar-refractivity contribution < 1.29 is 24.2 Å². The molecule has 2 atom stereocenters. The number of nitrogens with one attached hydrogen (secondary N) is 1. The summed E-state index contributed by atoms with van der Waals surface area (Å²) in [4.78, 5) is 24.3. The molecule has 0 saturated heterocycles. The zero-order valence-electron chi connectivity index (χ0n) is 12.7. The Hall–Kier alpha value is -1.34. The van der Waals surface area contributed by atoms with Gasteiger partial charge in [0.2, 0.25) is 0 Å². The predicted octanol–water partition coefficient (Wildman–Crippen LogP) is 0.790. The molecule has 0 aliphatic rings. The van der Waals surface area contributed by atoms with Gasteiger partial charge in [-0.25, -0.2) is 4.79 Å². The summed E-state index contributed by atoms with van der Waals surface area (Å²) in [5, 5.41) is 11.4. The monoisotopic (exact) mass is 290 g/mol. The van der Waals surface area contributed by atoms with Gasteiger partial charge in [0, 0.05) is 33.7 Å². The Morgan fingerprint density at radius 2 is 1.90 bits per heavy atom. The number of hydrogen-bond donors (Lipinski definition) is 2. The van der Waals surface area contributed by atoms with Gasteiger partial charge in [-0.2, -0.15) is 0 Å². The second kappa shape index (κ2) is 10.4. The van der Waals surface area contributed by atoms with Crippen LogP contribution in [0.3, 0.4) is 0 Å². The van der Waals surface area contributed by atoms with Crippen molar-refractivity contribution in [2.24, 2.45) is 5.92 Å². The lowest BCUT2D eigenvalue weighted by Gasteiger charge is -2.29. The van der Waals surface area contributed by atoms with E-state index in [1.165, 1.54) is 0 Å². The van der Waals surface area contributed by atoms with Crippen LogP contribution in [0.5, 0.6) is 0 Å². The van der Waals surface area contributed by atoms with Crippen LogP contribution >= 0.6 is 0 Å². The SMILES string of the molecule is COCCN(C(=O)NCC(C)CC(=O)O)C(C)COC. The average Bonchev–Trinajstić information content (AvgIpc) is 2.36. The summed E-state index contributed by atoms with van der Waals surface area (Å²) in [6.07, 6.45) is 0.0337. The molecular formula is C13H26N2O5. The molecule has 0 aromatic heterocycles. The van der Waals surface area contributed by atoms with Gasteiger partial charge in [0.05, 0.1) is 19.3 Å². The van der Waals surface area contributed by atoms with E-state index in [0.29, 0.717) is 26.3 Å². The molecule has 7 heteroatoms. The van der Waals surface area contributed by atoms with Crippen LogP contribution in [-0.4, -0.2) is 68.6 Å². The maximum Gasteiger partial charge on any atom is 0.317 e. The van der Waals surface area contributed by atoms with Gasteiger partial charge in [-0.15, -0.1) is 0 Å². The van der Waals surface area contributed by atoms with E-state index in [-0.39, 0.29) is 24.4 Å². The fourth-order valence-corrected chi connectivity index (χ4v) is 1.78. The molecule has 2 amide bonds. The van der Waals surface area contributed by atoms with Gasteiger partial charge in [-0.3, -0.25) is 4.79 Å². The van der Waals surface area contributed by atoms with Crippen LogP contribution in [0.2, 0.25) is 0 Å². The maximum atomic E-state index is 12.1. The van der Waals surface area contributed by atoms with Crippen LogP contribution in [0.4, 0.5) is 4.79 Å². The third kappa shape index (κ3) is 7.96. The molecule has 0 spiro atoms. The summed E-state index contributed by atoms with van der Waals surface area (Å²) < 4.78 is 10.0. The second-order valence-corrected chi connectivity index (χ2v) is 4.88. The van der Waals surface area contributed by atoms with E-state index < -0.39 is 5.97 Å².